The topological polar surface area (TPSA) is 78.9 Å². The molecule has 0 bridgehead atoms. The Balaban J connectivity index is 4.12. The lowest BCUT2D eigenvalue weighted by Gasteiger charge is -2.18. The predicted octanol–water partition coefficient (Wildman–Crippen LogP) is 24.8. The van der Waals surface area contributed by atoms with Crippen LogP contribution < -0.4 is 0 Å². The summed E-state index contributed by atoms with van der Waals surface area (Å²) in [6.07, 6.45) is 96.0. The maximum atomic E-state index is 12.9. The zero-order chi connectivity index (χ0) is 59.9. The third-order valence-corrected chi connectivity index (χ3v) is 15.6. The summed E-state index contributed by atoms with van der Waals surface area (Å²) in [5, 5.41) is 0. The lowest BCUT2D eigenvalue weighted by Crippen LogP contribution is -2.30. The van der Waals surface area contributed by atoms with E-state index in [0.717, 1.165) is 109 Å². The fraction of sp³-hybridized carbons (Fsp3) is 0.753. The summed E-state index contributed by atoms with van der Waals surface area (Å²) < 4.78 is 16.9. The molecule has 6 nitrogen and oxygen atoms in total. The first-order valence-corrected chi connectivity index (χ1v) is 35.7. The van der Waals surface area contributed by atoms with Gasteiger partial charge >= 0.3 is 17.9 Å². The fourth-order valence-corrected chi connectivity index (χ4v) is 10.2. The van der Waals surface area contributed by atoms with Crippen LogP contribution in [0.3, 0.4) is 0 Å². The highest BCUT2D eigenvalue weighted by atomic mass is 16.6. The van der Waals surface area contributed by atoms with Crippen molar-refractivity contribution in [2.75, 3.05) is 13.2 Å². The van der Waals surface area contributed by atoms with Gasteiger partial charge in [-0.1, -0.05) is 330 Å². The normalized spacial score (nSPS) is 12.7. The molecule has 0 aromatic rings. The highest BCUT2D eigenvalue weighted by molar-refractivity contribution is 5.71. The van der Waals surface area contributed by atoms with Gasteiger partial charge in [0, 0.05) is 19.3 Å². The number of allylic oxidation sites excluding steroid dienone is 16. The lowest BCUT2D eigenvalue weighted by molar-refractivity contribution is -0.167. The molecule has 0 saturated heterocycles. The second-order valence-electron chi connectivity index (χ2n) is 23.8. The van der Waals surface area contributed by atoms with Crippen LogP contribution in [0.15, 0.2) is 97.2 Å². The Morgan fingerprint density at radius 1 is 0.253 bits per heavy atom. The van der Waals surface area contributed by atoms with Crippen molar-refractivity contribution >= 4 is 17.9 Å². The number of esters is 3. The molecule has 0 aliphatic rings. The third kappa shape index (κ3) is 69.0. The Morgan fingerprint density at radius 3 is 0.735 bits per heavy atom. The van der Waals surface area contributed by atoms with Crippen LogP contribution in [0, 0.1) is 0 Å². The number of unbranched alkanes of at least 4 members (excludes halogenated alkanes) is 38. The van der Waals surface area contributed by atoms with E-state index in [9.17, 15) is 14.4 Å². The first-order valence-electron chi connectivity index (χ1n) is 35.7. The van der Waals surface area contributed by atoms with Crippen LogP contribution >= 0.6 is 0 Å². The second-order valence-corrected chi connectivity index (χ2v) is 23.8. The fourth-order valence-electron chi connectivity index (χ4n) is 10.2. The molecule has 0 fully saturated rings. The zero-order valence-electron chi connectivity index (χ0n) is 54.9. The van der Waals surface area contributed by atoms with Crippen LogP contribution in [0.2, 0.25) is 0 Å². The molecule has 0 N–H and O–H groups in total. The van der Waals surface area contributed by atoms with Gasteiger partial charge in [-0.15, -0.1) is 0 Å². The first kappa shape index (κ1) is 79.3. The van der Waals surface area contributed by atoms with E-state index in [0.29, 0.717) is 19.3 Å². The highest BCUT2D eigenvalue weighted by Crippen LogP contribution is 2.17. The van der Waals surface area contributed by atoms with Gasteiger partial charge in [-0.25, -0.2) is 0 Å². The Morgan fingerprint density at radius 2 is 0.470 bits per heavy atom. The number of carbonyl (C=O) groups excluding carboxylic acids is 3. The van der Waals surface area contributed by atoms with Crippen molar-refractivity contribution < 1.29 is 28.6 Å². The molecule has 0 heterocycles. The van der Waals surface area contributed by atoms with E-state index in [4.69, 9.17) is 14.2 Å². The largest absolute Gasteiger partial charge is 0.462 e. The van der Waals surface area contributed by atoms with Gasteiger partial charge in [-0.05, 0) is 103 Å². The molecule has 0 spiro atoms. The SMILES string of the molecule is CC/C=C\C/C=C\C/C=C\C/C=C\C/C=C\CCCCCCCCCC(=O)OC(COC(=O)CCCCCCCCCCC)COC(=O)CCCCCCCCCCCCCCCCCCCC/C=C\C/C=C\C/C=C\CCCCCCC. The molecule has 6 heteroatoms. The maximum absolute atomic E-state index is 12.9. The van der Waals surface area contributed by atoms with Gasteiger partial charge < -0.3 is 14.2 Å². The minimum atomic E-state index is -0.782. The van der Waals surface area contributed by atoms with Gasteiger partial charge in [0.15, 0.2) is 6.10 Å². The molecular weight excluding hydrogens is 1020 g/mol. The van der Waals surface area contributed by atoms with Crippen LogP contribution in [-0.4, -0.2) is 37.2 Å². The molecule has 1 atom stereocenters. The van der Waals surface area contributed by atoms with Gasteiger partial charge in [-0.2, -0.15) is 0 Å². The van der Waals surface area contributed by atoms with E-state index >= 15 is 0 Å². The molecule has 1 unspecified atom stereocenters. The molecule has 0 aliphatic carbocycles. The van der Waals surface area contributed by atoms with E-state index in [1.165, 1.54) is 205 Å². The Hall–Kier alpha value is -3.67. The van der Waals surface area contributed by atoms with Crippen molar-refractivity contribution in [1.29, 1.82) is 0 Å². The minimum absolute atomic E-state index is 0.0783. The summed E-state index contributed by atoms with van der Waals surface area (Å²) in [7, 11) is 0. The Bertz CT molecular complexity index is 1610. The van der Waals surface area contributed by atoms with Crippen LogP contribution in [-0.2, 0) is 28.6 Å². The average molecular weight is 1160 g/mol. The van der Waals surface area contributed by atoms with Gasteiger partial charge in [0.2, 0.25) is 0 Å². The molecule has 0 saturated carbocycles. The zero-order valence-corrected chi connectivity index (χ0v) is 54.9. The molecule has 0 radical (unpaired) electrons. The number of hydrogen-bond acceptors (Lipinski definition) is 6. The van der Waals surface area contributed by atoms with E-state index in [2.05, 4.69) is 118 Å². The van der Waals surface area contributed by atoms with Gasteiger partial charge in [0.25, 0.3) is 0 Å². The standard InChI is InChI=1S/C77H134O6/c1-4-7-10-13-16-19-21-23-25-27-29-31-33-34-35-36-37-38-39-40-41-42-44-45-47-49-51-53-55-58-61-64-67-70-76(79)82-73-74(72-81-75(78)69-66-63-60-57-18-15-12-9-6-3)83-77(80)71-68-65-62-59-56-54-52-50-48-46-43-32-30-28-26-24-22-20-17-14-11-8-5-2/h8,11,17,20-21,23-24,26-27,29-30,32-34,46,48,74H,4-7,9-10,12-16,18-19,22,25,28,31,35-45,47,49-73H2,1-3H3/b11-8-,20-17-,23-21-,26-24-,29-27-,32-30-,34-33-,48-46-. The van der Waals surface area contributed by atoms with Crippen molar-refractivity contribution in [1.82, 2.24) is 0 Å². The van der Waals surface area contributed by atoms with Gasteiger partial charge in [0.1, 0.15) is 13.2 Å². The summed E-state index contributed by atoms with van der Waals surface area (Å²) in [6, 6.07) is 0. The summed E-state index contributed by atoms with van der Waals surface area (Å²) >= 11 is 0. The smallest absolute Gasteiger partial charge is 0.306 e. The lowest BCUT2D eigenvalue weighted by atomic mass is 10.0. The van der Waals surface area contributed by atoms with Crippen molar-refractivity contribution in [3.63, 3.8) is 0 Å². The summed E-state index contributed by atoms with van der Waals surface area (Å²) in [5.41, 5.74) is 0. The molecule has 0 aromatic carbocycles. The molecule has 0 rings (SSSR count). The molecule has 478 valence electrons. The van der Waals surface area contributed by atoms with E-state index in [-0.39, 0.29) is 31.1 Å². The monoisotopic (exact) mass is 1160 g/mol. The molecule has 0 amide bonds. The van der Waals surface area contributed by atoms with Crippen molar-refractivity contribution in [3.05, 3.63) is 97.2 Å². The van der Waals surface area contributed by atoms with Crippen LogP contribution in [0.4, 0.5) is 0 Å². The van der Waals surface area contributed by atoms with E-state index in [1.54, 1.807) is 0 Å². The highest BCUT2D eigenvalue weighted by Gasteiger charge is 2.19. The average Bonchev–Trinajstić information content (AvgIpc) is 3.49. The van der Waals surface area contributed by atoms with E-state index in [1.807, 2.05) is 0 Å². The number of rotatable bonds is 65. The van der Waals surface area contributed by atoms with Crippen LogP contribution in [0.5, 0.6) is 0 Å². The van der Waals surface area contributed by atoms with E-state index < -0.39 is 6.10 Å². The molecular formula is C77H134O6. The number of ether oxygens (including phenoxy) is 3. The molecule has 83 heavy (non-hydrogen) atoms. The summed E-state index contributed by atoms with van der Waals surface area (Å²) in [6.45, 7) is 6.52. The van der Waals surface area contributed by atoms with Gasteiger partial charge in [0.05, 0.1) is 0 Å². The Labute approximate surface area is 515 Å². The van der Waals surface area contributed by atoms with Crippen molar-refractivity contribution in [2.24, 2.45) is 0 Å². The first-order chi connectivity index (χ1) is 41.0. The van der Waals surface area contributed by atoms with Gasteiger partial charge in [-0.3, -0.25) is 14.4 Å². The predicted molar refractivity (Wildman–Crippen MR) is 362 cm³/mol. The molecule has 0 aliphatic heterocycles. The number of carbonyl (C=O) groups is 3. The van der Waals surface area contributed by atoms with Crippen LogP contribution in [0.25, 0.3) is 0 Å². The third-order valence-electron chi connectivity index (χ3n) is 15.6. The Kier molecular flexibility index (Phi) is 67.7. The molecule has 0 aromatic heterocycles. The quantitative estimate of drug-likeness (QED) is 0.0261. The summed E-state index contributed by atoms with van der Waals surface area (Å²) in [5.74, 6) is -0.877. The summed E-state index contributed by atoms with van der Waals surface area (Å²) in [4.78, 5) is 38.3. The second kappa shape index (κ2) is 70.8. The van der Waals surface area contributed by atoms with Crippen molar-refractivity contribution in [2.45, 2.75) is 361 Å². The van der Waals surface area contributed by atoms with Crippen molar-refractivity contribution in [3.8, 4) is 0 Å². The minimum Gasteiger partial charge on any atom is -0.462 e. The van der Waals surface area contributed by atoms with Crippen LogP contribution in [0.1, 0.15) is 355 Å². The maximum Gasteiger partial charge on any atom is 0.306 e. The number of hydrogen-bond donors (Lipinski definition) is 0.